The van der Waals surface area contributed by atoms with Crippen molar-refractivity contribution in [2.75, 3.05) is 11.9 Å². The van der Waals surface area contributed by atoms with E-state index in [2.05, 4.69) is 61.4 Å². The standard InChI is InChI=1S/C27H26N8O2/c1-16-9-19(6-8-22(16)37-26-17(2)25-34-31-15-35(25)14-30-26)32-24-20-10-18(5-7-21(20)28-13-29-24)11-23-33-27(3,4)12-36-23/h5-10,13-15H,11-12H2,1-4H3,(H,28,29,32). The van der Waals surface area contributed by atoms with Crippen molar-refractivity contribution in [2.45, 2.75) is 39.7 Å². The number of nitrogens with zero attached hydrogens (tertiary/aromatic N) is 7. The summed E-state index contributed by atoms with van der Waals surface area (Å²) in [6.07, 6.45) is 5.45. The number of nitrogens with one attached hydrogen (secondary N) is 1. The van der Waals surface area contributed by atoms with Crippen LogP contribution in [0, 0.1) is 13.8 Å². The molecule has 0 fully saturated rings. The van der Waals surface area contributed by atoms with Gasteiger partial charge in [-0.25, -0.2) is 19.9 Å². The summed E-state index contributed by atoms with van der Waals surface area (Å²) < 4.78 is 13.7. The van der Waals surface area contributed by atoms with Gasteiger partial charge in [0.15, 0.2) is 11.5 Å². The molecule has 1 aliphatic heterocycles. The highest BCUT2D eigenvalue weighted by molar-refractivity contribution is 5.92. The normalized spacial score (nSPS) is 14.5. The third kappa shape index (κ3) is 4.53. The maximum Gasteiger partial charge on any atom is 0.227 e. The molecule has 10 heteroatoms. The van der Waals surface area contributed by atoms with Gasteiger partial charge in [-0.05, 0) is 69.2 Å². The van der Waals surface area contributed by atoms with E-state index >= 15 is 0 Å². The summed E-state index contributed by atoms with van der Waals surface area (Å²) in [5, 5.41) is 12.4. The van der Waals surface area contributed by atoms with Crippen LogP contribution in [-0.2, 0) is 11.2 Å². The van der Waals surface area contributed by atoms with Gasteiger partial charge in [0.1, 0.15) is 37.2 Å². The van der Waals surface area contributed by atoms with Gasteiger partial charge in [0.2, 0.25) is 5.88 Å². The number of anilines is 2. The molecule has 1 N–H and O–H groups in total. The van der Waals surface area contributed by atoms with E-state index in [4.69, 9.17) is 9.47 Å². The number of aromatic nitrogens is 6. The van der Waals surface area contributed by atoms with Crippen LogP contribution in [0.2, 0.25) is 0 Å². The molecule has 4 heterocycles. The Labute approximate surface area is 213 Å². The molecular weight excluding hydrogens is 468 g/mol. The molecule has 1 aliphatic rings. The van der Waals surface area contributed by atoms with Crippen molar-refractivity contribution in [1.29, 1.82) is 0 Å². The van der Waals surface area contributed by atoms with Gasteiger partial charge in [-0.1, -0.05) is 6.07 Å². The molecule has 0 radical (unpaired) electrons. The second-order valence-electron chi connectivity index (χ2n) is 9.80. The van der Waals surface area contributed by atoms with Crippen LogP contribution in [0.15, 0.2) is 60.4 Å². The van der Waals surface area contributed by atoms with Crippen LogP contribution in [0.3, 0.4) is 0 Å². The number of hydrogen-bond donors (Lipinski definition) is 1. The van der Waals surface area contributed by atoms with Crippen molar-refractivity contribution in [3.05, 3.63) is 72.1 Å². The maximum absolute atomic E-state index is 6.12. The summed E-state index contributed by atoms with van der Waals surface area (Å²) in [7, 11) is 0. The highest BCUT2D eigenvalue weighted by Crippen LogP contribution is 2.31. The first kappa shape index (κ1) is 22.8. The first-order valence-corrected chi connectivity index (χ1v) is 12.0. The number of rotatable bonds is 6. The van der Waals surface area contributed by atoms with Crippen LogP contribution in [0.1, 0.15) is 30.5 Å². The van der Waals surface area contributed by atoms with Crippen molar-refractivity contribution in [2.24, 2.45) is 4.99 Å². The Morgan fingerprint density at radius 2 is 1.95 bits per heavy atom. The lowest BCUT2D eigenvalue weighted by molar-refractivity contribution is 0.275. The lowest BCUT2D eigenvalue weighted by Crippen LogP contribution is -2.17. The first-order valence-electron chi connectivity index (χ1n) is 12.0. The lowest BCUT2D eigenvalue weighted by Gasteiger charge is -2.13. The molecule has 0 unspecified atom stereocenters. The molecule has 6 rings (SSSR count). The largest absolute Gasteiger partial charge is 0.478 e. The van der Waals surface area contributed by atoms with Crippen LogP contribution < -0.4 is 10.1 Å². The Kier molecular flexibility index (Phi) is 5.44. The fraction of sp³-hybridized carbons (Fsp3) is 0.259. The Balaban J connectivity index is 1.24. The third-order valence-electron chi connectivity index (χ3n) is 6.25. The van der Waals surface area contributed by atoms with Crippen molar-refractivity contribution in [1.82, 2.24) is 29.5 Å². The fourth-order valence-corrected chi connectivity index (χ4v) is 4.33. The predicted molar refractivity (Wildman–Crippen MR) is 141 cm³/mol. The zero-order valence-electron chi connectivity index (χ0n) is 21.1. The monoisotopic (exact) mass is 494 g/mol. The zero-order chi connectivity index (χ0) is 25.6. The molecule has 2 aromatic carbocycles. The number of fused-ring (bicyclic) bond motifs is 2. The highest BCUT2D eigenvalue weighted by atomic mass is 16.5. The first-order chi connectivity index (χ1) is 17.8. The molecule has 10 nitrogen and oxygen atoms in total. The van der Waals surface area contributed by atoms with Crippen LogP contribution in [0.5, 0.6) is 11.6 Å². The van der Waals surface area contributed by atoms with Crippen molar-refractivity contribution in [3.63, 3.8) is 0 Å². The SMILES string of the molecule is Cc1cc(Nc2ncnc3ccc(CC4=NC(C)(C)CO4)cc23)ccc1Oc1ncn2cnnc2c1C. The fourth-order valence-electron chi connectivity index (χ4n) is 4.33. The van der Waals surface area contributed by atoms with Gasteiger partial charge in [0.05, 0.1) is 16.6 Å². The van der Waals surface area contributed by atoms with Gasteiger partial charge in [-0.2, -0.15) is 0 Å². The number of aliphatic imine (C=N–C) groups is 1. The minimum absolute atomic E-state index is 0.173. The molecule has 0 spiro atoms. The predicted octanol–water partition coefficient (Wildman–Crippen LogP) is 4.97. The maximum atomic E-state index is 6.12. The molecule has 0 bridgehead atoms. The molecule has 0 saturated carbocycles. The molecule has 0 saturated heterocycles. The van der Waals surface area contributed by atoms with E-state index in [0.29, 0.717) is 30.3 Å². The van der Waals surface area contributed by atoms with Crippen molar-refractivity contribution in [3.8, 4) is 11.6 Å². The van der Waals surface area contributed by atoms with Crippen LogP contribution in [-0.4, -0.2) is 47.6 Å². The van der Waals surface area contributed by atoms with Gasteiger partial charge in [0.25, 0.3) is 0 Å². The number of ether oxygens (including phenoxy) is 2. The molecule has 5 aromatic rings. The molecule has 0 atom stereocenters. The van der Waals surface area contributed by atoms with E-state index < -0.39 is 0 Å². The lowest BCUT2D eigenvalue weighted by atomic mass is 10.1. The number of aryl methyl sites for hydroxylation is 2. The topological polar surface area (TPSA) is 112 Å². The Hall–Kier alpha value is -4.60. The Morgan fingerprint density at radius 1 is 1.05 bits per heavy atom. The average Bonchev–Trinajstić information content (AvgIpc) is 3.49. The van der Waals surface area contributed by atoms with E-state index in [0.717, 1.165) is 45.0 Å². The summed E-state index contributed by atoms with van der Waals surface area (Å²) >= 11 is 0. The van der Waals surface area contributed by atoms with Gasteiger partial charge in [0, 0.05) is 17.5 Å². The molecule has 3 aromatic heterocycles. The molecule has 0 amide bonds. The molecule has 186 valence electrons. The molecule has 37 heavy (non-hydrogen) atoms. The van der Waals surface area contributed by atoms with E-state index in [9.17, 15) is 0 Å². The number of hydrogen-bond acceptors (Lipinski definition) is 9. The minimum Gasteiger partial charge on any atom is -0.478 e. The average molecular weight is 495 g/mol. The van der Waals surface area contributed by atoms with Crippen LogP contribution in [0.25, 0.3) is 16.6 Å². The van der Waals surface area contributed by atoms with Gasteiger partial charge in [-0.15, -0.1) is 10.2 Å². The quantitative estimate of drug-likeness (QED) is 0.352. The summed E-state index contributed by atoms with van der Waals surface area (Å²) in [5.74, 6) is 2.69. The second kappa shape index (κ2) is 8.81. The van der Waals surface area contributed by atoms with Crippen molar-refractivity contribution < 1.29 is 9.47 Å². The minimum atomic E-state index is -0.173. The Morgan fingerprint density at radius 3 is 2.76 bits per heavy atom. The summed E-state index contributed by atoms with van der Waals surface area (Å²) in [6.45, 7) is 8.66. The third-order valence-corrected chi connectivity index (χ3v) is 6.25. The van der Waals surface area contributed by atoms with Crippen molar-refractivity contribution >= 4 is 34.0 Å². The molecule has 0 aliphatic carbocycles. The van der Waals surface area contributed by atoms with Gasteiger partial charge in [-0.3, -0.25) is 4.40 Å². The van der Waals surface area contributed by atoms with Crippen LogP contribution >= 0.6 is 0 Å². The van der Waals surface area contributed by atoms with E-state index in [1.807, 2.05) is 38.1 Å². The van der Waals surface area contributed by atoms with Gasteiger partial charge >= 0.3 is 0 Å². The van der Waals surface area contributed by atoms with E-state index in [1.165, 1.54) is 0 Å². The Bertz CT molecular complexity index is 1670. The summed E-state index contributed by atoms with van der Waals surface area (Å²) in [5.41, 5.74) is 5.15. The van der Waals surface area contributed by atoms with E-state index in [1.54, 1.807) is 23.4 Å². The summed E-state index contributed by atoms with van der Waals surface area (Å²) in [4.78, 5) is 18.0. The number of benzene rings is 2. The smallest absolute Gasteiger partial charge is 0.227 e. The second-order valence-corrected chi connectivity index (χ2v) is 9.80. The van der Waals surface area contributed by atoms with Gasteiger partial charge < -0.3 is 14.8 Å². The summed E-state index contributed by atoms with van der Waals surface area (Å²) in [6, 6.07) is 12.0. The van der Waals surface area contributed by atoms with Crippen LogP contribution in [0.4, 0.5) is 11.5 Å². The molecular formula is C27H26N8O2. The van der Waals surface area contributed by atoms with E-state index in [-0.39, 0.29) is 5.54 Å². The zero-order valence-corrected chi connectivity index (χ0v) is 21.1. The highest BCUT2D eigenvalue weighted by Gasteiger charge is 2.26.